The fourth-order valence-electron chi connectivity index (χ4n) is 6.48. The third kappa shape index (κ3) is 11.0. The first-order valence-corrected chi connectivity index (χ1v) is 19.2. The zero-order chi connectivity index (χ0) is 39.6. The number of benzene rings is 1. The van der Waals surface area contributed by atoms with Crippen LogP contribution in [0.15, 0.2) is 60.4 Å². The number of aromatic nitrogens is 3. The summed E-state index contributed by atoms with van der Waals surface area (Å²) in [6, 6.07) is 8.68. The fraction of sp³-hybridized carbons (Fsp3) is 0.436. The van der Waals surface area contributed by atoms with Gasteiger partial charge in [0.2, 0.25) is 29.5 Å². The second kappa shape index (κ2) is 18.6. The average molecular weight is 772 g/mol. The number of carbonyl (C=O) groups excluding carboxylic acids is 6. The maximum atomic E-state index is 13.9. The summed E-state index contributed by atoms with van der Waals surface area (Å²) in [6.07, 6.45) is 6.30. The van der Waals surface area contributed by atoms with Crippen LogP contribution in [-0.2, 0) is 36.8 Å². The van der Waals surface area contributed by atoms with Gasteiger partial charge in [0, 0.05) is 74.9 Å². The molecule has 1 aliphatic rings. The molecule has 55 heavy (non-hydrogen) atoms. The highest BCUT2D eigenvalue weighted by Gasteiger charge is 2.30. The molecule has 3 atom stereocenters. The van der Waals surface area contributed by atoms with Gasteiger partial charge < -0.3 is 35.6 Å². The van der Waals surface area contributed by atoms with E-state index in [0.717, 1.165) is 22.0 Å². The summed E-state index contributed by atoms with van der Waals surface area (Å²) < 4.78 is 0. The zero-order valence-corrected chi connectivity index (χ0v) is 32.7. The number of aromatic amines is 1. The van der Waals surface area contributed by atoms with E-state index in [9.17, 15) is 28.8 Å². The van der Waals surface area contributed by atoms with Crippen molar-refractivity contribution < 1.29 is 28.8 Å². The molecule has 0 saturated heterocycles. The highest BCUT2D eigenvalue weighted by molar-refractivity contribution is 7.09. The molecule has 5 rings (SSSR count). The van der Waals surface area contributed by atoms with Crippen LogP contribution in [0.5, 0.6) is 0 Å². The van der Waals surface area contributed by atoms with E-state index in [0.29, 0.717) is 17.8 Å². The average Bonchev–Trinajstić information content (AvgIpc) is 3.82. The number of nitrogens with one attached hydrogen (secondary N) is 4. The van der Waals surface area contributed by atoms with Crippen molar-refractivity contribution in [1.29, 1.82) is 0 Å². The van der Waals surface area contributed by atoms with Crippen LogP contribution in [0.3, 0.4) is 0 Å². The molecule has 0 aliphatic carbocycles. The third-order valence-corrected chi connectivity index (χ3v) is 10.4. The van der Waals surface area contributed by atoms with Gasteiger partial charge in [-0.2, -0.15) is 0 Å². The van der Waals surface area contributed by atoms with Gasteiger partial charge >= 0.3 is 0 Å². The van der Waals surface area contributed by atoms with Crippen LogP contribution in [-0.4, -0.2) is 117 Å². The largest absolute Gasteiger partial charge is 0.361 e. The summed E-state index contributed by atoms with van der Waals surface area (Å²) in [5.74, 6) is -2.63. The van der Waals surface area contributed by atoms with Crippen LogP contribution in [0.4, 0.5) is 0 Å². The highest BCUT2D eigenvalue weighted by atomic mass is 32.1. The molecule has 1 aromatic carbocycles. The molecule has 3 aromatic heterocycles. The summed E-state index contributed by atoms with van der Waals surface area (Å²) >= 11 is 1.21. The van der Waals surface area contributed by atoms with Crippen molar-refractivity contribution in [3.8, 4) is 0 Å². The Kier molecular flexibility index (Phi) is 13.7. The molecule has 0 unspecified atom stereocenters. The minimum atomic E-state index is -1.07. The molecule has 0 saturated carbocycles. The maximum absolute atomic E-state index is 13.9. The highest BCUT2D eigenvalue weighted by Crippen LogP contribution is 2.25. The molecule has 4 N–H and O–H groups in total. The Labute approximate surface area is 324 Å². The van der Waals surface area contributed by atoms with Crippen LogP contribution in [0.2, 0.25) is 0 Å². The molecule has 4 heterocycles. The number of hydrogen-bond donors (Lipinski definition) is 4. The van der Waals surface area contributed by atoms with Crippen LogP contribution in [0.25, 0.3) is 10.9 Å². The van der Waals surface area contributed by atoms with Crippen LogP contribution in [0.1, 0.15) is 66.3 Å². The minimum absolute atomic E-state index is 0.0664. The molecule has 15 nitrogen and oxygen atoms in total. The number of fused-ring (bicyclic) bond motifs is 3. The van der Waals surface area contributed by atoms with Crippen LogP contribution in [0, 0.1) is 5.92 Å². The number of nitrogens with zero attached hydrogens (tertiary/aromatic N) is 5. The SMILES string of the molecule is CC(C)C[C@@H]1NC(=O)CN(C(=O)CCc2ccncc2)CCN(C)C(=O)[C@H](C)NC(=O)CN(C)C(=O)[C@@H](Cc2c[nH]c3ccccc23)NC(=O)c2csc1n2. The summed E-state index contributed by atoms with van der Waals surface area (Å²) in [5, 5.41) is 11.5. The third-order valence-electron chi connectivity index (χ3n) is 9.45. The Morgan fingerprint density at radius 3 is 2.36 bits per heavy atom. The number of para-hydroxylation sites is 1. The van der Waals surface area contributed by atoms with Gasteiger partial charge in [0.1, 0.15) is 22.8 Å². The van der Waals surface area contributed by atoms with Gasteiger partial charge in [-0.3, -0.25) is 33.8 Å². The molecular formula is C39H49N9O6S. The lowest BCUT2D eigenvalue weighted by Gasteiger charge is -2.28. The number of rotatable bonds is 7. The van der Waals surface area contributed by atoms with Gasteiger partial charge in [0.15, 0.2) is 0 Å². The number of pyridine rings is 1. The predicted octanol–water partition coefficient (Wildman–Crippen LogP) is 2.46. The van der Waals surface area contributed by atoms with E-state index in [2.05, 4.69) is 30.9 Å². The van der Waals surface area contributed by atoms with Crippen molar-refractivity contribution in [2.45, 2.75) is 64.6 Å². The molecule has 292 valence electrons. The fourth-order valence-corrected chi connectivity index (χ4v) is 7.34. The zero-order valence-electron chi connectivity index (χ0n) is 31.8. The molecule has 0 spiro atoms. The number of likely N-dealkylation sites (N-methyl/N-ethyl adjacent to an activating group) is 2. The number of amides is 6. The van der Waals surface area contributed by atoms with E-state index in [1.165, 1.54) is 40.0 Å². The number of thiazole rings is 1. The van der Waals surface area contributed by atoms with Gasteiger partial charge in [-0.1, -0.05) is 32.0 Å². The lowest BCUT2D eigenvalue weighted by atomic mass is 10.0. The first-order valence-electron chi connectivity index (χ1n) is 18.4. The predicted molar refractivity (Wildman–Crippen MR) is 208 cm³/mol. The van der Waals surface area contributed by atoms with E-state index < -0.39 is 47.7 Å². The van der Waals surface area contributed by atoms with Crippen molar-refractivity contribution in [3.63, 3.8) is 0 Å². The van der Waals surface area contributed by atoms with Crippen molar-refractivity contribution in [3.05, 3.63) is 82.2 Å². The normalized spacial score (nSPS) is 19.9. The van der Waals surface area contributed by atoms with E-state index in [1.54, 1.807) is 31.0 Å². The monoisotopic (exact) mass is 771 g/mol. The van der Waals surface area contributed by atoms with Crippen LogP contribution >= 0.6 is 11.3 Å². The van der Waals surface area contributed by atoms with Gasteiger partial charge in [-0.25, -0.2) is 4.98 Å². The number of H-pyrrole nitrogens is 1. The Morgan fingerprint density at radius 2 is 1.62 bits per heavy atom. The summed E-state index contributed by atoms with van der Waals surface area (Å²) in [5.41, 5.74) is 2.67. The standard InChI is InChI=1S/C39H49N9O6S/c1-24(2)18-30-37-45-32(23-55-37)36(52)44-31(19-27-20-41-29-9-7-6-8-28(27)29)39(54)47(5)21-33(49)42-25(3)38(53)46(4)16-17-48(22-34(50)43-30)35(51)11-10-26-12-14-40-15-13-26/h6-9,12-15,20,23-25,30-31,41H,10-11,16-19,21-22H2,1-5H3,(H,42,49)(H,43,50)(H,44,52)/t25-,30-,31+/m0/s1. The molecule has 16 heteroatoms. The summed E-state index contributed by atoms with van der Waals surface area (Å²) in [7, 11) is 3.03. The molecule has 4 aromatic rings. The van der Waals surface area contributed by atoms with Gasteiger partial charge in [0.05, 0.1) is 19.1 Å². The second-order valence-corrected chi connectivity index (χ2v) is 15.2. The molecule has 2 bridgehead atoms. The van der Waals surface area contributed by atoms with E-state index >= 15 is 0 Å². The smallest absolute Gasteiger partial charge is 0.271 e. The second-order valence-electron chi connectivity index (χ2n) is 14.3. The molecule has 6 amide bonds. The van der Waals surface area contributed by atoms with E-state index in [-0.39, 0.29) is 56.5 Å². The van der Waals surface area contributed by atoms with Crippen molar-refractivity contribution in [1.82, 2.24) is 45.6 Å². The Hall–Kier alpha value is -5.64. The van der Waals surface area contributed by atoms with Gasteiger partial charge in [-0.05, 0) is 55.0 Å². The van der Waals surface area contributed by atoms with Crippen molar-refractivity contribution >= 4 is 57.7 Å². The molecular weight excluding hydrogens is 723 g/mol. The lowest BCUT2D eigenvalue weighted by molar-refractivity contribution is -0.139. The number of aryl methyl sites for hydroxylation is 1. The van der Waals surface area contributed by atoms with Gasteiger partial charge in [-0.15, -0.1) is 11.3 Å². The lowest BCUT2D eigenvalue weighted by Crippen LogP contribution is -2.53. The number of hydrogen-bond acceptors (Lipinski definition) is 9. The molecule has 0 fully saturated rings. The summed E-state index contributed by atoms with van der Waals surface area (Å²) in [6.45, 7) is 5.08. The maximum Gasteiger partial charge on any atom is 0.271 e. The molecule has 0 radical (unpaired) electrons. The van der Waals surface area contributed by atoms with Crippen molar-refractivity contribution in [2.24, 2.45) is 5.92 Å². The van der Waals surface area contributed by atoms with Gasteiger partial charge in [0.25, 0.3) is 5.91 Å². The Bertz CT molecular complexity index is 2000. The van der Waals surface area contributed by atoms with Crippen LogP contribution < -0.4 is 16.0 Å². The number of carbonyl (C=O) groups is 6. The van der Waals surface area contributed by atoms with Crippen molar-refractivity contribution in [2.75, 3.05) is 40.3 Å². The Morgan fingerprint density at radius 1 is 0.891 bits per heavy atom. The van der Waals surface area contributed by atoms with E-state index in [1.807, 2.05) is 50.2 Å². The quantitative estimate of drug-likeness (QED) is 0.221. The minimum Gasteiger partial charge on any atom is -0.361 e. The first-order chi connectivity index (χ1) is 26.3. The Balaban J connectivity index is 1.43. The molecule has 1 aliphatic heterocycles. The van der Waals surface area contributed by atoms with E-state index in [4.69, 9.17) is 0 Å². The topological polar surface area (TPSA) is 190 Å². The summed E-state index contributed by atoms with van der Waals surface area (Å²) in [4.78, 5) is 97.3. The first kappa shape index (κ1) is 40.5.